The van der Waals surface area contributed by atoms with Crippen molar-refractivity contribution < 1.29 is 4.79 Å². The number of carbonyl (C=O) groups excluding carboxylic acids is 1. The fourth-order valence-electron chi connectivity index (χ4n) is 2.87. The number of carbonyl (C=O) groups is 1. The van der Waals surface area contributed by atoms with Gasteiger partial charge in [-0.3, -0.25) is 9.20 Å². The van der Waals surface area contributed by atoms with Gasteiger partial charge in [-0.25, -0.2) is 4.98 Å². The third kappa shape index (κ3) is 3.02. The van der Waals surface area contributed by atoms with E-state index in [1.807, 2.05) is 89.5 Å². The Hall–Kier alpha value is -3.40. The highest BCUT2D eigenvalue weighted by Crippen LogP contribution is 2.24. The zero-order valence-electron chi connectivity index (χ0n) is 13.6. The van der Waals surface area contributed by atoms with Crippen molar-refractivity contribution >= 4 is 11.6 Å². The summed E-state index contributed by atoms with van der Waals surface area (Å²) in [7, 11) is 0. The summed E-state index contributed by atoms with van der Waals surface area (Å²) in [5.41, 5.74) is 3.99. The van der Waals surface area contributed by atoms with Gasteiger partial charge in [-0.1, -0.05) is 66.7 Å². The number of nitrogens with zero attached hydrogens (tertiary/aromatic N) is 2. The van der Waals surface area contributed by atoms with Crippen LogP contribution in [0.4, 0.5) is 0 Å². The van der Waals surface area contributed by atoms with E-state index in [0.29, 0.717) is 17.9 Å². The molecule has 2 aromatic carbocycles. The maximum atomic E-state index is 12.9. The van der Waals surface area contributed by atoms with Gasteiger partial charge in [0.1, 0.15) is 17.0 Å². The van der Waals surface area contributed by atoms with Gasteiger partial charge in [0.2, 0.25) is 0 Å². The van der Waals surface area contributed by atoms with E-state index in [-0.39, 0.29) is 5.91 Å². The van der Waals surface area contributed by atoms with E-state index < -0.39 is 0 Å². The summed E-state index contributed by atoms with van der Waals surface area (Å²) in [5.74, 6) is -0.138. The Morgan fingerprint density at radius 2 is 1.56 bits per heavy atom. The minimum absolute atomic E-state index is 0.138. The Balaban J connectivity index is 1.73. The van der Waals surface area contributed by atoms with Crippen LogP contribution in [-0.2, 0) is 6.54 Å². The molecule has 0 spiro atoms. The van der Waals surface area contributed by atoms with E-state index in [4.69, 9.17) is 0 Å². The number of pyridine rings is 1. The van der Waals surface area contributed by atoms with Crippen molar-refractivity contribution in [1.82, 2.24) is 14.7 Å². The molecule has 0 bridgehead atoms. The highest BCUT2D eigenvalue weighted by molar-refractivity contribution is 5.99. The van der Waals surface area contributed by atoms with Gasteiger partial charge >= 0.3 is 0 Å². The average molecular weight is 327 g/mol. The van der Waals surface area contributed by atoms with Crippen LogP contribution in [0, 0.1) is 0 Å². The Bertz CT molecular complexity index is 1010. The highest BCUT2D eigenvalue weighted by Gasteiger charge is 2.20. The van der Waals surface area contributed by atoms with Crippen LogP contribution in [-0.4, -0.2) is 15.3 Å². The molecule has 4 heteroatoms. The van der Waals surface area contributed by atoms with Crippen molar-refractivity contribution in [1.29, 1.82) is 0 Å². The first-order valence-corrected chi connectivity index (χ1v) is 8.17. The molecular weight excluding hydrogens is 310 g/mol. The SMILES string of the molecule is O=C(NCc1ccccc1)c1c(-c2ccccc2)nc2ccccn12. The molecule has 2 aromatic heterocycles. The Labute approximate surface area is 145 Å². The third-order valence-electron chi connectivity index (χ3n) is 4.09. The highest BCUT2D eigenvalue weighted by atomic mass is 16.1. The Morgan fingerprint density at radius 1 is 0.880 bits per heavy atom. The van der Waals surface area contributed by atoms with Crippen molar-refractivity contribution in [2.75, 3.05) is 0 Å². The number of hydrogen-bond acceptors (Lipinski definition) is 2. The lowest BCUT2D eigenvalue weighted by Gasteiger charge is -2.07. The van der Waals surface area contributed by atoms with Gasteiger partial charge in [0, 0.05) is 18.3 Å². The van der Waals surface area contributed by atoms with Crippen LogP contribution < -0.4 is 5.32 Å². The maximum Gasteiger partial charge on any atom is 0.270 e. The van der Waals surface area contributed by atoms with Crippen LogP contribution in [0.5, 0.6) is 0 Å². The lowest BCUT2D eigenvalue weighted by Crippen LogP contribution is -2.24. The first-order chi connectivity index (χ1) is 12.3. The lowest BCUT2D eigenvalue weighted by molar-refractivity contribution is 0.0945. The first kappa shape index (κ1) is 15.1. The fraction of sp³-hybridized carbons (Fsp3) is 0.0476. The van der Waals surface area contributed by atoms with Crippen molar-refractivity contribution in [2.45, 2.75) is 6.54 Å². The second kappa shape index (κ2) is 6.61. The molecule has 2 heterocycles. The largest absolute Gasteiger partial charge is 0.347 e. The molecule has 0 saturated heterocycles. The molecule has 0 aliphatic heterocycles. The van der Waals surface area contributed by atoms with Gasteiger partial charge < -0.3 is 5.32 Å². The molecule has 0 aliphatic rings. The van der Waals surface area contributed by atoms with Crippen LogP contribution in [0.15, 0.2) is 85.1 Å². The monoisotopic (exact) mass is 327 g/mol. The van der Waals surface area contributed by atoms with Crippen LogP contribution in [0.1, 0.15) is 16.1 Å². The topological polar surface area (TPSA) is 46.4 Å². The number of nitrogens with one attached hydrogen (secondary N) is 1. The van der Waals surface area contributed by atoms with E-state index in [2.05, 4.69) is 10.3 Å². The fourth-order valence-corrected chi connectivity index (χ4v) is 2.87. The summed E-state index contributed by atoms with van der Waals surface area (Å²) in [6.45, 7) is 0.480. The molecule has 0 radical (unpaired) electrons. The quantitative estimate of drug-likeness (QED) is 0.617. The third-order valence-corrected chi connectivity index (χ3v) is 4.09. The summed E-state index contributed by atoms with van der Waals surface area (Å²) in [4.78, 5) is 17.6. The summed E-state index contributed by atoms with van der Waals surface area (Å²) in [5, 5.41) is 3.00. The number of rotatable bonds is 4. The van der Waals surface area contributed by atoms with Crippen LogP contribution in [0.2, 0.25) is 0 Å². The molecule has 0 aliphatic carbocycles. The average Bonchev–Trinajstić information content (AvgIpc) is 3.07. The van der Waals surface area contributed by atoms with Crippen molar-refractivity contribution in [3.05, 3.63) is 96.3 Å². The summed E-state index contributed by atoms with van der Waals surface area (Å²) in [6, 6.07) is 25.4. The standard InChI is InChI=1S/C21H17N3O/c25-21(22-15-16-9-3-1-4-10-16)20-19(17-11-5-2-6-12-17)23-18-13-7-8-14-24(18)20/h1-14H,15H2,(H,22,25). The minimum Gasteiger partial charge on any atom is -0.347 e. The van der Waals surface area contributed by atoms with Gasteiger partial charge in [0.15, 0.2) is 0 Å². The maximum absolute atomic E-state index is 12.9. The minimum atomic E-state index is -0.138. The van der Waals surface area contributed by atoms with E-state index in [0.717, 1.165) is 16.8 Å². The lowest BCUT2D eigenvalue weighted by atomic mass is 10.1. The van der Waals surface area contributed by atoms with Crippen LogP contribution in [0.25, 0.3) is 16.9 Å². The van der Waals surface area contributed by atoms with Crippen molar-refractivity contribution in [2.24, 2.45) is 0 Å². The zero-order valence-corrected chi connectivity index (χ0v) is 13.6. The van der Waals surface area contributed by atoms with Crippen molar-refractivity contribution in [3.63, 3.8) is 0 Å². The number of aromatic nitrogens is 2. The van der Waals surface area contributed by atoms with Gasteiger partial charge in [-0.2, -0.15) is 0 Å². The number of fused-ring (bicyclic) bond motifs is 1. The molecule has 0 atom stereocenters. The molecule has 4 rings (SSSR count). The molecule has 0 saturated carbocycles. The molecule has 122 valence electrons. The van der Waals surface area contributed by atoms with E-state index in [1.165, 1.54) is 0 Å². The summed E-state index contributed by atoms with van der Waals surface area (Å²) >= 11 is 0. The second-order valence-electron chi connectivity index (χ2n) is 5.77. The number of imidazole rings is 1. The van der Waals surface area contributed by atoms with Gasteiger partial charge in [0.25, 0.3) is 5.91 Å². The van der Waals surface area contributed by atoms with E-state index in [1.54, 1.807) is 0 Å². The van der Waals surface area contributed by atoms with Gasteiger partial charge in [0.05, 0.1) is 0 Å². The normalized spacial score (nSPS) is 10.7. The summed E-state index contributed by atoms with van der Waals surface area (Å²) < 4.78 is 1.84. The predicted octanol–water partition coefficient (Wildman–Crippen LogP) is 3.93. The zero-order chi connectivity index (χ0) is 17.1. The van der Waals surface area contributed by atoms with E-state index >= 15 is 0 Å². The van der Waals surface area contributed by atoms with Crippen LogP contribution >= 0.6 is 0 Å². The molecular formula is C21H17N3O. The smallest absolute Gasteiger partial charge is 0.270 e. The molecule has 1 amide bonds. The molecule has 4 aromatic rings. The Morgan fingerprint density at radius 3 is 2.32 bits per heavy atom. The molecule has 0 unspecified atom stereocenters. The summed E-state index contributed by atoms with van der Waals surface area (Å²) in [6.07, 6.45) is 1.87. The van der Waals surface area contributed by atoms with Crippen LogP contribution in [0.3, 0.4) is 0 Å². The predicted molar refractivity (Wildman–Crippen MR) is 98.2 cm³/mol. The molecule has 4 nitrogen and oxygen atoms in total. The number of hydrogen-bond donors (Lipinski definition) is 1. The Kier molecular flexibility index (Phi) is 4.01. The van der Waals surface area contributed by atoms with Crippen molar-refractivity contribution in [3.8, 4) is 11.3 Å². The molecule has 1 N–H and O–H groups in total. The molecule has 0 fully saturated rings. The second-order valence-corrected chi connectivity index (χ2v) is 5.77. The molecule has 25 heavy (non-hydrogen) atoms. The van der Waals surface area contributed by atoms with Gasteiger partial charge in [-0.15, -0.1) is 0 Å². The van der Waals surface area contributed by atoms with E-state index in [9.17, 15) is 4.79 Å². The number of amides is 1. The number of benzene rings is 2. The van der Waals surface area contributed by atoms with Gasteiger partial charge in [-0.05, 0) is 17.7 Å². The first-order valence-electron chi connectivity index (χ1n) is 8.17.